The molecular formula is C15H19N3O. The number of benzene rings is 1. The second kappa shape index (κ2) is 5.03. The molecular weight excluding hydrogens is 238 g/mol. The van der Waals surface area contributed by atoms with E-state index >= 15 is 0 Å². The highest BCUT2D eigenvalue weighted by atomic mass is 16.1. The van der Waals surface area contributed by atoms with Gasteiger partial charge < -0.3 is 5.32 Å². The van der Waals surface area contributed by atoms with E-state index in [1.807, 2.05) is 18.2 Å². The van der Waals surface area contributed by atoms with E-state index in [-0.39, 0.29) is 5.91 Å². The van der Waals surface area contributed by atoms with Gasteiger partial charge in [0.25, 0.3) is 5.91 Å². The fraction of sp³-hybridized carbons (Fsp3) is 0.467. The lowest BCUT2D eigenvalue weighted by Gasteiger charge is -2.29. The topological polar surface area (TPSA) is 57.8 Å². The highest BCUT2D eigenvalue weighted by Crippen LogP contribution is 2.24. The first-order valence-corrected chi connectivity index (χ1v) is 6.98. The van der Waals surface area contributed by atoms with Gasteiger partial charge in [0, 0.05) is 11.4 Å². The fourth-order valence-electron chi connectivity index (χ4n) is 2.93. The molecule has 0 spiro atoms. The van der Waals surface area contributed by atoms with Gasteiger partial charge in [0.2, 0.25) is 0 Å². The van der Waals surface area contributed by atoms with Crippen LogP contribution in [0.25, 0.3) is 10.9 Å². The molecule has 2 unspecified atom stereocenters. The van der Waals surface area contributed by atoms with Crippen LogP contribution in [-0.4, -0.2) is 22.1 Å². The van der Waals surface area contributed by atoms with Gasteiger partial charge in [-0.1, -0.05) is 31.9 Å². The van der Waals surface area contributed by atoms with Gasteiger partial charge in [0.05, 0.1) is 17.3 Å². The maximum atomic E-state index is 12.4. The molecule has 1 amide bonds. The Morgan fingerprint density at radius 3 is 3.05 bits per heavy atom. The summed E-state index contributed by atoms with van der Waals surface area (Å²) in [6, 6.07) is 6.01. The maximum Gasteiger partial charge on any atom is 0.253 e. The molecule has 1 saturated carbocycles. The van der Waals surface area contributed by atoms with Crippen molar-refractivity contribution < 1.29 is 4.79 Å². The van der Waals surface area contributed by atoms with Gasteiger partial charge in [-0.05, 0) is 24.8 Å². The van der Waals surface area contributed by atoms with Gasteiger partial charge in [0.15, 0.2) is 0 Å². The minimum atomic E-state index is 0.00796. The number of fused-ring (bicyclic) bond motifs is 1. The number of amides is 1. The van der Waals surface area contributed by atoms with Crippen LogP contribution in [0.3, 0.4) is 0 Å². The molecule has 0 radical (unpaired) electrons. The number of hydrogen-bond acceptors (Lipinski definition) is 2. The lowest BCUT2D eigenvalue weighted by molar-refractivity contribution is 0.0912. The van der Waals surface area contributed by atoms with E-state index in [4.69, 9.17) is 0 Å². The summed E-state index contributed by atoms with van der Waals surface area (Å²) >= 11 is 0. The van der Waals surface area contributed by atoms with Crippen LogP contribution in [0.2, 0.25) is 0 Å². The first-order chi connectivity index (χ1) is 9.25. The summed E-state index contributed by atoms with van der Waals surface area (Å²) in [6.07, 6.45) is 6.54. The Bertz CT molecular complexity index is 590. The molecule has 1 aromatic heterocycles. The standard InChI is InChI=1S/C15H19N3O/c1-10-5-2-3-8-13(10)17-15(19)12-7-4-6-11-9-16-18-14(11)12/h4,6-7,9-10,13H,2-3,5,8H2,1H3,(H,16,18)(H,17,19). The zero-order valence-electron chi connectivity index (χ0n) is 11.1. The largest absolute Gasteiger partial charge is 0.349 e. The van der Waals surface area contributed by atoms with Crippen LogP contribution < -0.4 is 5.32 Å². The molecule has 1 aliphatic rings. The van der Waals surface area contributed by atoms with Crippen LogP contribution in [0, 0.1) is 5.92 Å². The van der Waals surface area contributed by atoms with Crippen molar-refractivity contribution >= 4 is 16.8 Å². The molecule has 2 atom stereocenters. The smallest absolute Gasteiger partial charge is 0.253 e. The van der Waals surface area contributed by atoms with Gasteiger partial charge in [0.1, 0.15) is 0 Å². The Hall–Kier alpha value is -1.84. The minimum absolute atomic E-state index is 0.00796. The lowest BCUT2D eigenvalue weighted by atomic mass is 9.86. The molecule has 3 rings (SSSR count). The van der Waals surface area contributed by atoms with E-state index < -0.39 is 0 Å². The molecule has 1 heterocycles. The van der Waals surface area contributed by atoms with Crippen LogP contribution in [-0.2, 0) is 0 Å². The van der Waals surface area contributed by atoms with Crippen molar-refractivity contribution in [2.45, 2.75) is 38.6 Å². The number of para-hydroxylation sites is 1. The third-order valence-electron chi connectivity index (χ3n) is 4.15. The number of hydrogen-bond donors (Lipinski definition) is 2. The van der Waals surface area contributed by atoms with Crippen molar-refractivity contribution in [1.29, 1.82) is 0 Å². The van der Waals surface area contributed by atoms with E-state index in [0.717, 1.165) is 17.3 Å². The Balaban J connectivity index is 1.82. The normalized spacial score (nSPS) is 23.4. The number of nitrogens with one attached hydrogen (secondary N) is 2. The molecule has 2 aromatic rings. The van der Waals surface area contributed by atoms with Crippen molar-refractivity contribution in [3.63, 3.8) is 0 Å². The average molecular weight is 257 g/mol. The first kappa shape index (κ1) is 12.2. The van der Waals surface area contributed by atoms with Crippen LogP contribution in [0.15, 0.2) is 24.4 Å². The molecule has 1 aliphatic carbocycles. The Morgan fingerprint density at radius 1 is 1.37 bits per heavy atom. The number of carbonyl (C=O) groups excluding carboxylic acids is 1. The van der Waals surface area contributed by atoms with Crippen LogP contribution >= 0.6 is 0 Å². The predicted octanol–water partition coefficient (Wildman–Crippen LogP) is 2.87. The molecule has 0 aliphatic heterocycles. The average Bonchev–Trinajstić information content (AvgIpc) is 2.89. The van der Waals surface area contributed by atoms with Crippen molar-refractivity contribution in [3.8, 4) is 0 Å². The van der Waals surface area contributed by atoms with Crippen LogP contribution in [0.4, 0.5) is 0 Å². The zero-order chi connectivity index (χ0) is 13.2. The number of rotatable bonds is 2. The zero-order valence-corrected chi connectivity index (χ0v) is 11.1. The fourth-order valence-corrected chi connectivity index (χ4v) is 2.93. The number of H-pyrrole nitrogens is 1. The second-order valence-corrected chi connectivity index (χ2v) is 5.48. The Labute approximate surface area is 112 Å². The number of aromatic amines is 1. The van der Waals surface area contributed by atoms with Crippen molar-refractivity contribution in [2.75, 3.05) is 0 Å². The van der Waals surface area contributed by atoms with Crippen molar-refractivity contribution in [3.05, 3.63) is 30.0 Å². The summed E-state index contributed by atoms with van der Waals surface area (Å²) in [5.74, 6) is 0.576. The molecule has 1 aromatic carbocycles. The van der Waals surface area contributed by atoms with E-state index in [9.17, 15) is 4.79 Å². The van der Waals surface area contributed by atoms with Gasteiger partial charge >= 0.3 is 0 Å². The highest BCUT2D eigenvalue weighted by Gasteiger charge is 2.23. The number of aromatic nitrogens is 2. The number of nitrogens with zero attached hydrogens (tertiary/aromatic N) is 1. The molecule has 0 saturated heterocycles. The summed E-state index contributed by atoms with van der Waals surface area (Å²) in [6.45, 7) is 2.22. The minimum Gasteiger partial charge on any atom is -0.349 e. The summed E-state index contributed by atoms with van der Waals surface area (Å²) in [5.41, 5.74) is 1.51. The quantitative estimate of drug-likeness (QED) is 0.869. The van der Waals surface area contributed by atoms with Crippen LogP contribution in [0.5, 0.6) is 0 Å². The van der Waals surface area contributed by atoms with E-state index in [1.54, 1.807) is 6.20 Å². The summed E-state index contributed by atoms with van der Waals surface area (Å²) in [7, 11) is 0. The molecule has 4 heteroatoms. The molecule has 0 bridgehead atoms. The van der Waals surface area contributed by atoms with E-state index in [1.165, 1.54) is 19.3 Å². The monoisotopic (exact) mass is 257 g/mol. The lowest BCUT2D eigenvalue weighted by Crippen LogP contribution is -2.41. The first-order valence-electron chi connectivity index (χ1n) is 6.98. The predicted molar refractivity (Wildman–Crippen MR) is 75.0 cm³/mol. The highest BCUT2D eigenvalue weighted by molar-refractivity contribution is 6.05. The molecule has 19 heavy (non-hydrogen) atoms. The van der Waals surface area contributed by atoms with Crippen LogP contribution in [0.1, 0.15) is 43.0 Å². The Kier molecular flexibility index (Phi) is 3.23. The maximum absolute atomic E-state index is 12.4. The summed E-state index contributed by atoms with van der Waals surface area (Å²) in [5, 5.41) is 11.1. The van der Waals surface area contributed by atoms with E-state index in [0.29, 0.717) is 17.5 Å². The second-order valence-electron chi connectivity index (χ2n) is 5.48. The van der Waals surface area contributed by atoms with Crippen molar-refractivity contribution in [2.24, 2.45) is 5.92 Å². The molecule has 2 N–H and O–H groups in total. The van der Waals surface area contributed by atoms with Gasteiger partial charge in [-0.25, -0.2) is 0 Å². The summed E-state index contributed by atoms with van der Waals surface area (Å²) < 4.78 is 0. The SMILES string of the molecule is CC1CCCCC1NC(=O)c1cccc2cn[nH]c12. The number of carbonyl (C=O) groups is 1. The summed E-state index contributed by atoms with van der Waals surface area (Å²) in [4.78, 5) is 12.4. The van der Waals surface area contributed by atoms with E-state index in [2.05, 4.69) is 22.4 Å². The molecule has 100 valence electrons. The van der Waals surface area contributed by atoms with Gasteiger partial charge in [-0.2, -0.15) is 5.10 Å². The molecule has 1 fully saturated rings. The molecule has 4 nitrogen and oxygen atoms in total. The van der Waals surface area contributed by atoms with Gasteiger partial charge in [-0.15, -0.1) is 0 Å². The Morgan fingerprint density at radius 2 is 2.21 bits per heavy atom. The van der Waals surface area contributed by atoms with Gasteiger partial charge in [-0.3, -0.25) is 9.89 Å². The third kappa shape index (κ3) is 2.35. The van der Waals surface area contributed by atoms with Crippen molar-refractivity contribution in [1.82, 2.24) is 15.5 Å². The third-order valence-corrected chi connectivity index (χ3v) is 4.15.